The Kier molecular flexibility index (Phi) is 4.15. The van der Waals surface area contributed by atoms with Gasteiger partial charge in [-0.05, 0) is 39.1 Å². The van der Waals surface area contributed by atoms with Crippen LogP contribution in [0.5, 0.6) is 5.75 Å². The van der Waals surface area contributed by atoms with Crippen molar-refractivity contribution in [1.29, 1.82) is 0 Å². The maximum atomic E-state index is 5.39. The molecule has 0 aliphatic heterocycles. The van der Waals surface area contributed by atoms with E-state index in [1.54, 1.807) is 7.11 Å². The van der Waals surface area contributed by atoms with Gasteiger partial charge in [0.25, 0.3) is 0 Å². The van der Waals surface area contributed by atoms with Crippen molar-refractivity contribution in [2.75, 3.05) is 21.2 Å². The average Bonchev–Trinajstić information content (AvgIpc) is 2.27. The topological polar surface area (TPSA) is 12.5 Å². The van der Waals surface area contributed by atoms with Crippen LogP contribution in [0.25, 0.3) is 0 Å². The Labute approximate surface area is 92.9 Å². The van der Waals surface area contributed by atoms with Crippen LogP contribution in [0.1, 0.15) is 31.0 Å². The van der Waals surface area contributed by atoms with E-state index >= 15 is 0 Å². The van der Waals surface area contributed by atoms with E-state index in [1.165, 1.54) is 11.1 Å². The normalized spacial score (nSPS) is 12.9. The molecule has 84 valence electrons. The number of methoxy groups -OCH3 is 1. The Balaban J connectivity index is 3.11. The molecule has 0 spiro atoms. The van der Waals surface area contributed by atoms with Gasteiger partial charge in [0.2, 0.25) is 0 Å². The van der Waals surface area contributed by atoms with Crippen LogP contribution in [0.4, 0.5) is 0 Å². The summed E-state index contributed by atoms with van der Waals surface area (Å²) in [5, 5.41) is 0. The number of aryl methyl sites for hydroxylation is 1. The van der Waals surface area contributed by atoms with Crippen LogP contribution in [0.3, 0.4) is 0 Å². The molecule has 1 atom stereocenters. The fourth-order valence-electron chi connectivity index (χ4n) is 1.61. The van der Waals surface area contributed by atoms with Crippen molar-refractivity contribution in [2.24, 2.45) is 0 Å². The Bertz CT molecular complexity index is 320. The summed E-state index contributed by atoms with van der Waals surface area (Å²) >= 11 is 0. The van der Waals surface area contributed by atoms with Crippen LogP contribution in [0.2, 0.25) is 0 Å². The van der Waals surface area contributed by atoms with Gasteiger partial charge < -0.3 is 9.64 Å². The zero-order chi connectivity index (χ0) is 11.4. The first-order valence-corrected chi connectivity index (χ1v) is 5.43. The zero-order valence-electron chi connectivity index (χ0n) is 10.4. The van der Waals surface area contributed by atoms with Gasteiger partial charge in [-0.15, -0.1) is 0 Å². The van der Waals surface area contributed by atoms with Crippen LogP contribution in [-0.4, -0.2) is 26.1 Å². The number of hydrogen-bond acceptors (Lipinski definition) is 2. The van der Waals surface area contributed by atoms with Gasteiger partial charge in [0, 0.05) is 11.6 Å². The fraction of sp³-hybridized carbons (Fsp3) is 0.538. The number of rotatable bonds is 4. The van der Waals surface area contributed by atoms with Crippen molar-refractivity contribution in [3.63, 3.8) is 0 Å². The molecule has 0 fully saturated rings. The van der Waals surface area contributed by atoms with E-state index in [-0.39, 0.29) is 0 Å². The van der Waals surface area contributed by atoms with Crippen molar-refractivity contribution in [1.82, 2.24) is 4.90 Å². The van der Waals surface area contributed by atoms with Crippen molar-refractivity contribution >= 4 is 0 Å². The van der Waals surface area contributed by atoms with E-state index in [2.05, 4.69) is 51.0 Å². The lowest BCUT2D eigenvalue weighted by atomic mass is 10.0. The summed E-state index contributed by atoms with van der Waals surface area (Å²) in [6.45, 7) is 4.36. The Hall–Kier alpha value is -1.02. The quantitative estimate of drug-likeness (QED) is 0.752. The Morgan fingerprint density at radius 1 is 1.33 bits per heavy atom. The lowest BCUT2D eigenvalue weighted by Gasteiger charge is -2.22. The lowest BCUT2D eigenvalue weighted by Crippen LogP contribution is -2.17. The first-order valence-electron chi connectivity index (χ1n) is 5.43. The molecule has 0 N–H and O–H groups in total. The van der Waals surface area contributed by atoms with Crippen molar-refractivity contribution < 1.29 is 4.74 Å². The molecular formula is C13H21NO. The molecule has 0 heterocycles. The van der Waals surface area contributed by atoms with Gasteiger partial charge >= 0.3 is 0 Å². The minimum Gasteiger partial charge on any atom is -0.496 e. The lowest BCUT2D eigenvalue weighted by molar-refractivity contribution is 0.308. The second-order valence-electron chi connectivity index (χ2n) is 4.07. The summed E-state index contributed by atoms with van der Waals surface area (Å²) in [7, 11) is 5.90. The van der Waals surface area contributed by atoms with E-state index in [4.69, 9.17) is 4.74 Å². The van der Waals surface area contributed by atoms with Gasteiger partial charge in [-0.25, -0.2) is 0 Å². The van der Waals surface area contributed by atoms with Gasteiger partial charge in [0.15, 0.2) is 0 Å². The summed E-state index contributed by atoms with van der Waals surface area (Å²) in [6, 6.07) is 6.81. The molecule has 15 heavy (non-hydrogen) atoms. The van der Waals surface area contributed by atoms with E-state index < -0.39 is 0 Å². The summed E-state index contributed by atoms with van der Waals surface area (Å²) in [4.78, 5) is 2.19. The summed E-state index contributed by atoms with van der Waals surface area (Å²) in [5.41, 5.74) is 2.63. The first kappa shape index (κ1) is 12.1. The second-order valence-corrected chi connectivity index (χ2v) is 4.07. The van der Waals surface area contributed by atoms with Crippen LogP contribution in [-0.2, 0) is 6.42 Å². The molecule has 1 unspecified atom stereocenters. The summed E-state index contributed by atoms with van der Waals surface area (Å²) in [5.74, 6) is 0.980. The zero-order valence-corrected chi connectivity index (χ0v) is 10.4. The van der Waals surface area contributed by atoms with Crippen LogP contribution in [0, 0.1) is 0 Å². The summed E-state index contributed by atoms with van der Waals surface area (Å²) < 4.78 is 5.39. The predicted molar refractivity (Wildman–Crippen MR) is 64.5 cm³/mol. The maximum absolute atomic E-state index is 5.39. The minimum atomic E-state index is 0.381. The molecular weight excluding hydrogens is 186 g/mol. The van der Waals surface area contributed by atoms with E-state index in [0.717, 1.165) is 12.2 Å². The van der Waals surface area contributed by atoms with Crippen LogP contribution >= 0.6 is 0 Å². The molecule has 1 aromatic rings. The Morgan fingerprint density at radius 2 is 2.00 bits per heavy atom. The molecule has 2 heteroatoms. The highest BCUT2D eigenvalue weighted by atomic mass is 16.5. The third kappa shape index (κ3) is 2.72. The van der Waals surface area contributed by atoms with Gasteiger partial charge in [0.05, 0.1) is 7.11 Å². The first-order chi connectivity index (χ1) is 7.10. The predicted octanol–water partition coefficient (Wildman–Crippen LogP) is 2.88. The minimum absolute atomic E-state index is 0.381. The van der Waals surface area contributed by atoms with Gasteiger partial charge in [-0.1, -0.05) is 19.1 Å². The fourth-order valence-corrected chi connectivity index (χ4v) is 1.61. The Morgan fingerprint density at radius 3 is 2.47 bits per heavy atom. The van der Waals surface area contributed by atoms with Crippen LogP contribution < -0.4 is 4.74 Å². The molecule has 0 aromatic heterocycles. The van der Waals surface area contributed by atoms with E-state index in [0.29, 0.717) is 6.04 Å². The second kappa shape index (κ2) is 5.17. The highest BCUT2D eigenvalue weighted by molar-refractivity contribution is 5.39. The standard InChI is InChI=1S/C13H21NO/c1-6-11-7-8-13(15-5)12(9-11)10(2)14(3)4/h7-10H,6H2,1-5H3. The van der Waals surface area contributed by atoms with Crippen molar-refractivity contribution in [2.45, 2.75) is 26.3 Å². The highest BCUT2D eigenvalue weighted by Gasteiger charge is 2.13. The molecule has 0 bridgehead atoms. The van der Waals surface area contributed by atoms with Crippen LogP contribution in [0.15, 0.2) is 18.2 Å². The maximum Gasteiger partial charge on any atom is 0.123 e. The number of hydrogen-bond donors (Lipinski definition) is 0. The molecule has 0 aliphatic rings. The average molecular weight is 207 g/mol. The molecule has 0 aliphatic carbocycles. The third-order valence-electron chi connectivity index (χ3n) is 2.93. The number of benzene rings is 1. The smallest absolute Gasteiger partial charge is 0.123 e. The molecule has 0 saturated carbocycles. The monoisotopic (exact) mass is 207 g/mol. The molecule has 0 amide bonds. The molecule has 2 nitrogen and oxygen atoms in total. The largest absolute Gasteiger partial charge is 0.496 e. The van der Waals surface area contributed by atoms with Gasteiger partial charge in [0.1, 0.15) is 5.75 Å². The molecule has 1 rings (SSSR count). The molecule has 0 saturated heterocycles. The van der Waals surface area contributed by atoms with Gasteiger partial charge in [-0.3, -0.25) is 0 Å². The number of ether oxygens (including phenoxy) is 1. The van der Waals surface area contributed by atoms with E-state index in [1.807, 2.05) is 0 Å². The SMILES string of the molecule is CCc1ccc(OC)c(C(C)N(C)C)c1. The third-order valence-corrected chi connectivity index (χ3v) is 2.93. The van der Waals surface area contributed by atoms with Crippen molar-refractivity contribution in [3.05, 3.63) is 29.3 Å². The summed E-state index contributed by atoms with van der Waals surface area (Å²) in [6.07, 6.45) is 1.07. The molecule has 0 radical (unpaired) electrons. The van der Waals surface area contributed by atoms with E-state index in [9.17, 15) is 0 Å². The number of nitrogens with zero attached hydrogens (tertiary/aromatic N) is 1. The van der Waals surface area contributed by atoms with Crippen molar-refractivity contribution in [3.8, 4) is 5.75 Å². The molecule has 1 aromatic carbocycles. The van der Waals surface area contributed by atoms with Gasteiger partial charge in [-0.2, -0.15) is 0 Å². The highest BCUT2D eigenvalue weighted by Crippen LogP contribution is 2.28.